The van der Waals surface area contributed by atoms with Gasteiger partial charge in [-0.15, -0.1) is 0 Å². The Hall–Kier alpha value is -0.770. The topological polar surface area (TPSA) is 41.6 Å². The lowest BCUT2D eigenvalue weighted by molar-refractivity contribution is 0.0148. The summed E-state index contributed by atoms with van der Waals surface area (Å²) < 4.78 is 5.47. The van der Waals surface area contributed by atoms with Gasteiger partial charge in [-0.3, -0.25) is 0 Å². The first kappa shape index (κ1) is 15.3. The number of nitrogens with zero attached hydrogens (tertiary/aromatic N) is 1. The van der Waals surface area contributed by atoms with E-state index in [4.69, 9.17) is 4.74 Å². The summed E-state index contributed by atoms with van der Waals surface area (Å²) in [5.74, 6) is 0.550. The van der Waals surface area contributed by atoms with Gasteiger partial charge in [0.1, 0.15) is 5.60 Å². The molecule has 0 unspecified atom stereocenters. The van der Waals surface area contributed by atoms with Crippen molar-refractivity contribution in [2.75, 3.05) is 19.6 Å². The van der Waals surface area contributed by atoms with Crippen LogP contribution in [0.2, 0.25) is 0 Å². The Morgan fingerprint density at radius 1 is 1.44 bits per heavy atom. The lowest BCUT2D eigenvalue weighted by Gasteiger charge is -2.34. The highest BCUT2D eigenvalue weighted by molar-refractivity contribution is 5.68. The number of hydrogen-bond donors (Lipinski definition) is 1. The molecule has 0 aromatic heterocycles. The zero-order chi connectivity index (χ0) is 13.8. The molecule has 4 heteroatoms. The minimum atomic E-state index is -0.422. The van der Waals surface area contributed by atoms with Crippen LogP contribution in [0.1, 0.15) is 47.5 Å². The van der Waals surface area contributed by atoms with E-state index in [1.165, 1.54) is 12.8 Å². The molecule has 1 saturated heterocycles. The lowest BCUT2D eigenvalue weighted by Crippen LogP contribution is -2.46. The maximum atomic E-state index is 12.2. The highest BCUT2D eigenvalue weighted by atomic mass is 16.6. The highest BCUT2D eigenvalue weighted by Crippen LogP contribution is 2.17. The largest absolute Gasteiger partial charge is 0.444 e. The molecule has 1 aliphatic rings. The first-order valence-corrected chi connectivity index (χ1v) is 7.00. The summed E-state index contributed by atoms with van der Waals surface area (Å²) in [5.41, 5.74) is -0.422. The van der Waals surface area contributed by atoms with Crippen LogP contribution in [0.5, 0.6) is 0 Å². The van der Waals surface area contributed by atoms with Crippen LogP contribution in [0.25, 0.3) is 0 Å². The fourth-order valence-corrected chi connectivity index (χ4v) is 2.17. The molecule has 0 radical (unpaired) electrons. The molecule has 0 bridgehead atoms. The van der Waals surface area contributed by atoms with Gasteiger partial charge in [-0.2, -0.15) is 0 Å². The molecular weight excluding hydrogens is 228 g/mol. The smallest absolute Gasteiger partial charge is 0.410 e. The van der Waals surface area contributed by atoms with E-state index in [9.17, 15) is 4.79 Å². The summed E-state index contributed by atoms with van der Waals surface area (Å²) in [6.07, 6.45) is 2.20. The van der Waals surface area contributed by atoms with Gasteiger partial charge in [0.25, 0.3) is 0 Å². The first-order valence-electron chi connectivity index (χ1n) is 7.00. The predicted molar refractivity (Wildman–Crippen MR) is 73.7 cm³/mol. The van der Waals surface area contributed by atoms with Crippen LogP contribution in [0.15, 0.2) is 0 Å². The number of hydrogen-bond acceptors (Lipinski definition) is 3. The van der Waals surface area contributed by atoms with Crippen LogP contribution in [0, 0.1) is 5.92 Å². The minimum absolute atomic E-state index is 0.182. The average Bonchev–Trinajstić information content (AvgIpc) is 2.24. The standard InChI is InChI=1S/C14H28N2O2/c1-11(2)16(13(17)18-14(3,4)5)10-12-7-6-8-15-9-12/h11-12,15H,6-10H2,1-5H3/t12-/m0/s1. The Morgan fingerprint density at radius 3 is 2.56 bits per heavy atom. The van der Waals surface area contributed by atoms with Crippen molar-refractivity contribution in [3.63, 3.8) is 0 Å². The van der Waals surface area contributed by atoms with E-state index in [0.29, 0.717) is 5.92 Å². The Labute approximate surface area is 111 Å². The van der Waals surface area contributed by atoms with Crippen molar-refractivity contribution in [3.8, 4) is 0 Å². The second-order valence-electron chi connectivity index (χ2n) is 6.44. The Kier molecular flexibility index (Phi) is 5.45. The molecule has 1 amide bonds. The second-order valence-corrected chi connectivity index (χ2v) is 6.44. The van der Waals surface area contributed by atoms with Crippen molar-refractivity contribution >= 4 is 6.09 Å². The zero-order valence-corrected chi connectivity index (χ0v) is 12.5. The van der Waals surface area contributed by atoms with Crippen molar-refractivity contribution in [2.24, 2.45) is 5.92 Å². The van der Waals surface area contributed by atoms with Gasteiger partial charge < -0.3 is 15.0 Å². The van der Waals surface area contributed by atoms with E-state index in [1.54, 1.807) is 0 Å². The van der Waals surface area contributed by atoms with Crippen molar-refractivity contribution < 1.29 is 9.53 Å². The molecule has 0 saturated carbocycles. The van der Waals surface area contributed by atoms with E-state index in [1.807, 2.05) is 39.5 Å². The molecule has 0 spiro atoms. The van der Waals surface area contributed by atoms with Crippen molar-refractivity contribution in [1.82, 2.24) is 10.2 Å². The molecule has 106 valence electrons. The molecule has 18 heavy (non-hydrogen) atoms. The number of ether oxygens (including phenoxy) is 1. The van der Waals surface area contributed by atoms with Gasteiger partial charge in [0, 0.05) is 12.6 Å². The van der Waals surface area contributed by atoms with Gasteiger partial charge in [0.15, 0.2) is 0 Å². The quantitative estimate of drug-likeness (QED) is 0.844. The number of carbonyl (C=O) groups excluding carboxylic acids is 1. The van der Waals surface area contributed by atoms with Crippen LogP contribution in [0.3, 0.4) is 0 Å². The normalized spacial score (nSPS) is 20.9. The van der Waals surface area contributed by atoms with Crippen LogP contribution in [-0.4, -0.2) is 42.3 Å². The third kappa shape index (κ3) is 5.25. The van der Waals surface area contributed by atoms with E-state index in [-0.39, 0.29) is 12.1 Å². The van der Waals surface area contributed by atoms with Crippen LogP contribution in [-0.2, 0) is 4.74 Å². The van der Waals surface area contributed by atoms with Gasteiger partial charge in [-0.1, -0.05) is 0 Å². The van der Waals surface area contributed by atoms with E-state index >= 15 is 0 Å². The third-order valence-electron chi connectivity index (χ3n) is 3.11. The summed E-state index contributed by atoms with van der Waals surface area (Å²) in [6.45, 7) is 12.7. The summed E-state index contributed by atoms with van der Waals surface area (Å²) in [4.78, 5) is 14.0. The SMILES string of the molecule is CC(C)N(C[C@H]1CCCNC1)C(=O)OC(C)(C)C. The molecule has 1 aliphatic heterocycles. The molecule has 0 aromatic carbocycles. The van der Waals surface area contributed by atoms with Crippen LogP contribution in [0.4, 0.5) is 4.79 Å². The van der Waals surface area contributed by atoms with Gasteiger partial charge >= 0.3 is 6.09 Å². The summed E-state index contributed by atoms with van der Waals surface area (Å²) in [6, 6.07) is 0.182. The average molecular weight is 256 g/mol. The molecule has 1 fully saturated rings. The monoisotopic (exact) mass is 256 g/mol. The maximum Gasteiger partial charge on any atom is 0.410 e. The first-order chi connectivity index (χ1) is 8.29. The van der Waals surface area contributed by atoms with Crippen molar-refractivity contribution in [2.45, 2.75) is 59.1 Å². The Bertz CT molecular complexity index is 265. The second kappa shape index (κ2) is 6.41. The number of amides is 1. The van der Waals surface area contributed by atoms with Gasteiger partial charge in [0.05, 0.1) is 0 Å². The fraction of sp³-hybridized carbons (Fsp3) is 0.929. The molecule has 0 aromatic rings. The number of carbonyl (C=O) groups is 1. The van der Waals surface area contributed by atoms with Gasteiger partial charge in [0.2, 0.25) is 0 Å². The maximum absolute atomic E-state index is 12.2. The Balaban J connectivity index is 2.55. The van der Waals surface area contributed by atoms with E-state index < -0.39 is 5.60 Å². The fourth-order valence-electron chi connectivity index (χ4n) is 2.17. The number of piperidine rings is 1. The lowest BCUT2D eigenvalue weighted by atomic mass is 9.99. The van der Waals surface area contributed by atoms with Crippen LogP contribution >= 0.6 is 0 Å². The Morgan fingerprint density at radius 2 is 2.11 bits per heavy atom. The summed E-state index contributed by atoms with van der Waals surface area (Å²) >= 11 is 0. The van der Waals surface area contributed by atoms with Crippen molar-refractivity contribution in [1.29, 1.82) is 0 Å². The van der Waals surface area contributed by atoms with E-state index in [2.05, 4.69) is 5.32 Å². The zero-order valence-electron chi connectivity index (χ0n) is 12.5. The highest BCUT2D eigenvalue weighted by Gasteiger charge is 2.27. The van der Waals surface area contributed by atoms with Gasteiger partial charge in [-0.25, -0.2) is 4.79 Å². The molecule has 1 N–H and O–H groups in total. The minimum Gasteiger partial charge on any atom is -0.444 e. The molecule has 1 heterocycles. The molecule has 0 aliphatic carbocycles. The number of rotatable bonds is 3. The summed E-state index contributed by atoms with van der Waals surface area (Å²) in [7, 11) is 0. The molecule has 1 atom stereocenters. The van der Waals surface area contributed by atoms with Gasteiger partial charge in [-0.05, 0) is 66.5 Å². The molecule has 1 rings (SSSR count). The summed E-state index contributed by atoms with van der Waals surface area (Å²) in [5, 5.41) is 3.39. The van der Waals surface area contributed by atoms with Crippen molar-refractivity contribution in [3.05, 3.63) is 0 Å². The number of nitrogens with one attached hydrogen (secondary N) is 1. The third-order valence-corrected chi connectivity index (χ3v) is 3.11. The predicted octanol–water partition coefficient (Wildman–Crippen LogP) is 2.63. The van der Waals surface area contributed by atoms with E-state index in [0.717, 1.165) is 19.6 Å². The molecule has 4 nitrogen and oxygen atoms in total. The molecular formula is C14H28N2O2. The van der Waals surface area contributed by atoms with Crippen LogP contribution < -0.4 is 5.32 Å².